The van der Waals surface area contributed by atoms with E-state index in [4.69, 9.17) is 11.2 Å². The van der Waals surface area contributed by atoms with Crippen LogP contribution in [-0.2, 0) is 4.74 Å². The van der Waals surface area contributed by atoms with Crippen molar-refractivity contribution in [3.05, 3.63) is 0 Å². The SMILES string of the molecule is C#C[C@]1(CC)OC(O)C(O)C1C.[Ac].[Ac]. The van der Waals surface area contributed by atoms with E-state index >= 15 is 0 Å². The Kier molecular flexibility index (Phi) is 10.2. The van der Waals surface area contributed by atoms with Crippen LogP contribution < -0.4 is 0 Å². The number of aliphatic hydroxyl groups excluding tert-OH is 2. The van der Waals surface area contributed by atoms with Gasteiger partial charge < -0.3 is 14.9 Å². The second kappa shape index (κ2) is 7.61. The van der Waals surface area contributed by atoms with Gasteiger partial charge in [0.15, 0.2) is 6.29 Å². The van der Waals surface area contributed by atoms with Gasteiger partial charge in [-0.25, -0.2) is 0 Å². The van der Waals surface area contributed by atoms with Crippen molar-refractivity contribution in [2.45, 2.75) is 38.3 Å². The van der Waals surface area contributed by atoms with E-state index in [1.54, 1.807) is 6.92 Å². The van der Waals surface area contributed by atoms with E-state index in [1.165, 1.54) is 0 Å². The van der Waals surface area contributed by atoms with Crippen LogP contribution >= 0.6 is 0 Å². The number of rotatable bonds is 1. The van der Waals surface area contributed by atoms with Gasteiger partial charge in [-0.15, -0.1) is 6.42 Å². The molecule has 0 aromatic rings. The zero-order chi connectivity index (χ0) is 9.35. The molecule has 1 heterocycles. The Morgan fingerprint density at radius 1 is 1.43 bits per heavy atom. The second-order valence-corrected chi connectivity index (χ2v) is 3.18. The van der Waals surface area contributed by atoms with Crippen molar-refractivity contribution in [1.29, 1.82) is 0 Å². The first-order valence-electron chi connectivity index (χ1n) is 4.09. The van der Waals surface area contributed by atoms with Gasteiger partial charge in [0.25, 0.3) is 0 Å². The Morgan fingerprint density at radius 3 is 2.07 bits per heavy atom. The molecule has 0 aliphatic carbocycles. The smallest absolute Gasteiger partial charge is 0.183 e. The zero-order valence-corrected chi connectivity index (χ0v) is 18.0. The second-order valence-electron chi connectivity index (χ2n) is 3.18. The monoisotopic (exact) mass is 624 g/mol. The average Bonchev–Trinajstić information content (AvgIpc) is 2.30. The fraction of sp³-hybridized carbons (Fsp3) is 0.778. The Morgan fingerprint density at radius 2 is 1.93 bits per heavy atom. The maximum absolute atomic E-state index is 9.39. The van der Waals surface area contributed by atoms with Crippen LogP contribution in [0.3, 0.4) is 0 Å². The van der Waals surface area contributed by atoms with E-state index in [9.17, 15) is 10.2 Å². The van der Waals surface area contributed by atoms with E-state index in [-0.39, 0.29) is 94.0 Å². The van der Waals surface area contributed by atoms with Gasteiger partial charge in [0, 0.05) is 94.0 Å². The van der Waals surface area contributed by atoms with Crippen molar-refractivity contribution >= 4 is 0 Å². The first-order chi connectivity index (χ1) is 5.57. The van der Waals surface area contributed by atoms with E-state index < -0.39 is 18.0 Å². The number of hydrogen-bond acceptors (Lipinski definition) is 3. The topological polar surface area (TPSA) is 49.7 Å². The van der Waals surface area contributed by atoms with Crippen LogP contribution in [0.4, 0.5) is 0 Å². The van der Waals surface area contributed by atoms with Crippen molar-refractivity contribution in [1.82, 2.24) is 0 Å². The van der Waals surface area contributed by atoms with Crippen LogP contribution in [0.25, 0.3) is 0 Å². The molecule has 1 aliphatic rings. The molecule has 1 aliphatic heterocycles. The Hall–Kier alpha value is 2.32. The summed E-state index contributed by atoms with van der Waals surface area (Å²) in [5.41, 5.74) is -0.793. The summed E-state index contributed by atoms with van der Waals surface area (Å²) in [4.78, 5) is 0. The maximum atomic E-state index is 9.39. The number of aliphatic hydroxyl groups is 2. The molecule has 0 aromatic carbocycles. The van der Waals surface area contributed by atoms with Crippen LogP contribution in [0.2, 0.25) is 0 Å². The van der Waals surface area contributed by atoms with Gasteiger partial charge in [-0.1, -0.05) is 19.8 Å². The predicted octanol–water partition coefficient (Wildman–Crippen LogP) is 0.114. The molecule has 0 spiro atoms. The maximum Gasteiger partial charge on any atom is 0.183 e. The molecule has 14 heavy (non-hydrogen) atoms. The van der Waals surface area contributed by atoms with E-state index in [1.807, 2.05) is 6.92 Å². The van der Waals surface area contributed by atoms with Crippen molar-refractivity contribution in [2.24, 2.45) is 5.92 Å². The minimum Gasteiger partial charge on any atom is -0.387 e. The van der Waals surface area contributed by atoms with Crippen LogP contribution in [-0.4, -0.2) is 28.2 Å². The summed E-state index contributed by atoms with van der Waals surface area (Å²) in [6.45, 7) is 3.66. The largest absolute Gasteiger partial charge is 0.387 e. The first kappa shape index (κ1) is 18.7. The molecule has 1 rings (SSSR count). The van der Waals surface area contributed by atoms with Gasteiger partial charge in [0.1, 0.15) is 11.7 Å². The normalized spacial score (nSPS) is 40.6. The quantitative estimate of drug-likeness (QED) is 0.408. The van der Waals surface area contributed by atoms with Gasteiger partial charge in [-0.2, -0.15) is 0 Å². The third kappa shape index (κ3) is 3.41. The third-order valence-corrected chi connectivity index (χ3v) is 2.64. The summed E-state index contributed by atoms with van der Waals surface area (Å²) >= 11 is 0. The van der Waals surface area contributed by atoms with Crippen LogP contribution in [0.5, 0.6) is 0 Å². The fourth-order valence-electron chi connectivity index (χ4n) is 1.59. The number of ether oxygens (including phenoxy) is 1. The minimum absolute atomic E-state index is 0. The minimum atomic E-state index is -1.14. The molecular weight excluding hydrogens is 610 g/mol. The zero-order valence-electron chi connectivity index (χ0n) is 8.47. The van der Waals surface area contributed by atoms with Crippen LogP contribution in [0, 0.1) is 106 Å². The summed E-state index contributed by atoms with van der Waals surface area (Å²) in [5, 5.41) is 18.6. The molecule has 2 radical (unpaired) electrons. The van der Waals surface area contributed by atoms with Crippen molar-refractivity contribution in [3.8, 4) is 12.3 Å². The fourth-order valence-corrected chi connectivity index (χ4v) is 1.59. The number of hydrogen-bond donors (Lipinski definition) is 2. The summed E-state index contributed by atoms with van der Waals surface area (Å²) in [6, 6.07) is 0. The summed E-state index contributed by atoms with van der Waals surface area (Å²) < 4.78 is 5.14. The van der Waals surface area contributed by atoms with Crippen molar-refractivity contribution < 1.29 is 103 Å². The molecule has 74 valence electrons. The summed E-state index contributed by atoms with van der Waals surface area (Å²) in [5.74, 6) is 2.28. The molecule has 0 bridgehead atoms. The van der Waals surface area contributed by atoms with Gasteiger partial charge in [0.2, 0.25) is 0 Å². The van der Waals surface area contributed by atoms with E-state index in [0.717, 1.165) is 0 Å². The van der Waals surface area contributed by atoms with Gasteiger partial charge in [-0.05, 0) is 6.42 Å². The standard InChI is InChI=1S/C9H14O3.2Ac/c1-4-9(5-2)6(3)7(10)8(11)12-9;;/h1,6-8,10-11H,5H2,2-3H3;;/t6?,7?,8?,9-;;/m1../s1. The van der Waals surface area contributed by atoms with E-state index in [2.05, 4.69) is 5.92 Å². The molecule has 4 atom stereocenters. The molecule has 5 heteroatoms. The first-order valence-corrected chi connectivity index (χ1v) is 4.09. The van der Waals surface area contributed by atoms with Crippen molar-refractivity contribution in [3.63, 3.8) is 0 Å². The molecule has 1 fully saturated rings. The van der Waals surface area contributed by atoms with Gasteiger partial charge in [-0.3, -0.25) is 0 Å². The Labute approximate surface area is 156 Å². The molecular formula is C9H14Ac2O3. The average molecular weight is 624 g/mol. The molecule has 3 unspecified atom stereocenters. The molecule has 2 N–H and O–H groups in total. The van der Waals surface area contributed by atoms with Gasteiger partial charge >= 0.3 is 0 Å². The van der Waals surface area contributed by atoms with E-state index in [0.29, 0.717) is 6.42 Å². The summed E-state index contributed by atoms with van der Waals surface area (Å²) in [6.07, 6.45) is 3.88. The number of terminal acetylenes is 1. The van der Waals surface area contributed by atoms with Crippen molar-refractivity contribution in [2.75, 3.05) is 0 Å². The Balaban J connectivity index is 0. The summed E-state index contributed by atoms with van der Waals surface area (Å²) in [7, 11) is 0. The third-order valence-electron chi connectivity index (χ3n) is 2.64. The molecule has 1 saturated heterocycles. The molecule has 0 aromatic heterocycles. The molecule has 0 saturated carbocycles. The van der Waals surface area contributed by atoms with Gasteiger partial charge in [0.05, 0.1) is 0 Å². The molecule has 0 amide bonds. The Bertz CT molecular complexity index is 217. The predicted molar refractivity (Wildman–Crippen MR) is 44.1 cm³/mol. The molecule has 3 nitrogen and oxygen atoms in total. The van der Waals surface area contributed by atoms with Crippen LogP contribution in [0.1, 0.15) is 20.3 Å². The van der Waals surface area contributed by atoms with Crippen LogP contribution in [0.15, 0.2) is 0 Å².